The van der Waals surface area contributed by atoms with Crippen molar-refractivity contribution in [2.24, 2.45) is 5.73 Å². The van der Waals surface area contributed by atoms with Crippen molar-refractivity contribution >= 4 is 35.1 Å². The van der Waals surface area contributed by atoms with Gasteiger partial charge in [-0.05, 0) is 25.1 Å². The van der Waals surface area contributed by atoms with Gasteiger partial charge in [0.1, 0.15) is 11.6 Å². The van der Waals surface area contributed by atoms with E-state index in [-0.39, 0.29) is 16.7 Å². The largest absolute Gasteiger partial charge is 0.573 e. The Balaban J connectivity index is 2.03. The van der Waals surface area contributed by atoms with Crippen molar-refractivity contribution in [3.63, 3.8) is 0 Å². The summed E-state index contributed by atoms with van der Waals surface area (Å²) in [6.45, 7) is 2.62. The second kappa shape index (κ2) is 8.73. The monoisotopic (exact) mass is 404 g/mol. The van der Waals surface area contributed by atoms with Gasteiger partial charge in [-0.2, -0.15) is 4.98 Å². The van der Waals surface area contributed by atoms with Crippen molar-refractivity contribution in [1.29, 1.82) is 0 Å². The van der Waals surface area contributed by atoms with Crippen molar-refractivity contribution in [3.05, 3.63) is 35.0 Å². The zero-order valence-electron chi connectivity index (χ0n) is 14.0. The molecule has 2 rings (SSSR count). The Morgan fingerprint density at radius 2 is 2.00 bits per heavy atom. The summed E-state index contributed by atoms with van der Waals surface area (Å²) in [6.07, 6.45) is -4.87. The van der Waals surface area contributed by atoms with E-state index in [1.54, 1.807) is 13.0 Å². The lowest BCUT2D eigenvalue weighted by Crippen LogP contribution is -2.22. The van der Waals surface area contributed by atoms with Gasteiger partial charge in [0.25, 0.3) is 0 Å². The standard InChI is InChI=1S/C15H16ClF3N6O2/c1-8-6-12(21-5-4-20)24-13(22-8)25-14(26)23-9-2-3-11(10(16)7-9)27-15(17,18)19/h2-3,6-7H,4-5,20H2,1H3,(H3,21,22,23,24,25,26). The number of aryl methyl sites for hydroxylation is 1. The minimum Gasteiger partial charge on any atom is -0.404 e. The van der Waals surface area contributed by atoms with Crippen LogP contribution in [0.3, 0.4) is 0 Å². The highest BCUT2D eigenvalue weighted by atomic mass is 35.5. The van der Waals surface area contributed by atoms with Crippen LogP contribution in [0.25, 0.3) is 0 Å². The molecule has 1 aromatic carbocycles. The number of carbonyl (C=O) groups excluding carboxylic acids is 1. The van der Waals surface area contributed by atoms with Gasteiger partial charge in [-0.3, -0.25) is 5.32 Å². The Bertz CT molecular complexity index is 819. The van der Waals surface area contributed by atoms with Crippen molar-refractivity contribution in [2.45, 2.75) is 13.3 Å². The molecule has 0 bridgehead atoms. The molecule has 12 heteroatoms. The van der Waals surface area contributed by atoms with Gasteiger partial charge in [-0.15, -0.1) is 13.2 Å². The molecule has 0 atom stereocenters. The Hall–Kier alpha value is -2.79. The molecule has 0 fully saturated rings. The number of aromatic nitrogens is 2. The van der Waals surface area contributed by atoms with Crippen LogP contribution in [0, 0.1) is 6.92 Å². The Labute approximate surface area is 157 Å². The molecule has 5 N–H and O–H groups in total. The summed E-state index contributed by atoms with van der Waals surface area (Å²) < 4.78 is 40.4. The van der Waals surface area contributed by atoms with Crippen LogP contribution in [0.1, 0.15) is 5.69 Å². The Morgan fingerprint density at radius 1 is 1.26 bits per heavy atom. The van der Waals surface area contributed by atoms with Crippen LogP contribution in [-0.2, 0) is 0 Å². The highest BCUT2D eigenvalue weighted by Crippen LogP contribution is 2.32. The fourth-order valence-electron chi connectivity index (χ4n) is 1.97. The predicted octanol–water partition coefficient (Wildman–Crippen LogP) is 3.35. The molecule has 0 radical (unpaired) electrons. The third kappa shape index (κ3) is 6.79. The second-order valence-corrected chi connectivity index (χ2v) is 5.61. The molecular weight excluding hydrogens is 389 g/mol. The van der Waals surface area contributed by atoms with E-state index in [9.17, 15) is 18.0 Å². The molecule has 0 unspecified atom stereocenters. The number of nitrogens with one attached hydrogen (secondary N) is 3. The number of halogens is 4. The number of urea groups is 1. The highest BCUT2D eigenvalue weighted by Gasteiger charge is 2.32. The second-order valence-electron chi connectivity index (χ2n) is 5.21. The van der Waals surface area contributed by atoms with E-state index in [0.29, 0.717) is 24.6 Å². The third-order valence-corrected chi connectivity index (χ3v) is 3.24. The van der Waals surface area contributed by atoms with Gasteiger partial charge in [-0.1, -0.05) is 11.6 Å². The van der Waals surface area contributed by atoms with E-state index in [1.165, 1.54) is 6.07 Å². The molecule has 0 saturated carbocycles. The summed E-state index contributed by atoms with van der Waals surface area (Å²) in [4.78, 5) is 20.2. The van der Waals surface area contributed by atoms with Crippen molar-refractivity contribution < 1.29 is 22.7 Å². The van der Waals surface area contributed by atoms with Crippen LogP contribution in [0.2, 0.25) is 5.02 Å². The van der Waals surface area contributed by atoms with E-state index >= 15 is 0 Å². The maximum atomic E-state index is 12.2. The Kier molecular flexibility index (Phi) is 6.64. The lowest BCUT2D eigenvalue weighted by molar-refractivity contribution is -0.274. The third-order valence-electron chi connectivity index (χ3n) is 2.95. The normalized spacial score (nSPS) is 11.0. The molecule has 2 aromatic rings. The summed E-state index contributed by atoms with van der Waals surface area (Å²) in [6, 6.07) is 4.29. The van der Waals surface area contributed by atoms with Crippen molar-refractivity contribution in [2.75, 3.05) is 29.0 Å². The quantitative estimate of drug-likeness (QED) is 0.587. The minimum atomic E-state index is -4.87. The van der Waals surface area contributed by atoms with Crippen LogP contribution in [0.4, 0.5) is 35.4 Å². The summed E-state index contributed by atoms with van der Waals surface area (Å²) in [5.74, 6) is -0.0529. The van der Waals surface area contributed by atoms with Crippen LogP contribution in [0.15, 0.2) is 24.3 Å². The smallest absolute Gasteiger partial charge is 0.404 e. The van der Waals surface area contributed by atoms with Gasteiger partial charge >= 0.3 is 12.4 Å². The number of anilines is 3. The fourth-order valence-corrected chi connectivity index (χ4v) is 2.18. The first-order valence-electron chi connectivity index (χ1n) is 7.59. The van der Waals surface area contributed by atoms with Crippen LogP contribution in [0.5, 0.6) is 5.75 Å². The number of rotatable bonds is 6. The number of benzene rings is 1. The number of amides is 2. The molecule has 0 saturated heterocycles. The van der Waals surface area contributed by atoms with Gasteiger partial charge in [0, 0.05) is 30.5 Å². The number of alkyl halides is 3. The van der Waals surface area contributed by atoms with E-state index in [0.717, 1.165) is 12.1 Å². The first-order valence-corrected chi connectivity index (χ1v) is 7.97. The van der Waals surface area contributed by atoms with Crippen LogP contribution >= 0.6 is 11.6 Å². The first-order chi connectivity index (χ1) is 12.7. The van der Waals surface area contributed by atoms with E-state index in [1.807, 2.05) is 0 Å². The zero-order chi connectivity index (χ0) is 20.0. The molecule has 2 amide bonds. The predicted molar refractivity (Wildman–Crippen MR) is 95.1 cm³/mol. The van der Waals surface area contributed by atoms with Crippen LogP contribution in [-0.4, -0.2) is 35.5 Å². The molecule has 0 aliphatic heterocycles. The molecule has 27 heavy (non-hydrogen) atoms. The zero-order valence-corrected chi connectivity index (χ0v) is 14.8. The molecule has 0 spiro atoms. The van der Waals surface area contributed by atoms with E-state index in [4.69, 9.17) is 17.3 Å². The maximum absolute atomic E-state index is 12.2. The number of nitrogens with zero attached hydrogens (tertiary/aromatic N) is 2. The number of nitrogens with two attached hydrogens (primary N) is 1. The van der Waals surface area contributed by atoms with Crippen molar-refractivity contribution in [1.82, 2.24) is 9.97 Å². The molecule has 1 heterocycles. The minimum absolute atomic E-state index is 0.0372. The molecular formula is C15H16ClF3N6O2. The molecule has 0 aliphatic carbocycles. The van der Waals surface area contributed by atoms with E-state index < -0.39 is 18.1 Å². The summed E-state index contributed by atoms with van der Waals surface area (Å²) in [5.41, 5.74) is 6.17. The van der Waals surface area contributed by atoms with Gasteiger partial charge in [0.2, 0.25) is 5.95 Å². The van der Waals surface area contributed by atoms with Gasteiger partial charge < -0.3 is 21.1 Å². The molecule has 8 nitrogen and oxygen atoms in total. The number of ether oxygens (including phenoxy) is 1. The summed E-state index contributed by atoms with van der Waals surface area (Å²) in [7, 11) is 0. The lowest BCUT2D eigenvalue weighted by atomic mass is 10.3. The summed E-state index contributed by atoms with van der Waals surface area (Å²) >= 11 is 5.73. The lowest BCUT2D eigenvalue weighted by Gasteiger charge is -2.12. The molecule has 1 aromatic heterocycles. The van der Waals surface area contributed by atoms with E-state index in [2.05, 4.69) is 30.7 Å². The topological polar surface area (TPSA) is 114 Å². The molecule has 0 aliphatic rings. The molecule has 146 valence electrons. The van der Waals surface area contributed by atoms with Crippen molar-refractivity contribution in [3.8, 4) is 5.75 Å². The number of carbonyl (C=O) groups is 1. The highest BCUT2D eigenvalue weighted by molar-refractivity contribution is 6.32. The van der Waals surface area contributed by atoms with Gasteiger partial charge in [0.15, 0.2) is 0 Å². The van der Waals surface area contributed by atoms with Crippen LogP contribution < -0.4 is 26.4 Å². The maximum Gasteiger partial charge on any atom is 0.573 e. The first kappa shape index (κ1) is 20.5. The Morgan fingerprint density at radius 3 is 2.63 bits per heavy atom. The average Bonchev–Trinajstić information content (AvgIpc) is 2.54. The average molecular weight is 405 g/mol. The van der Waals surface area contributed by atoms with Gasteiger partial charge in [0.05, 0.1) is 5.02 Å². The SMILES string of the molecule is Cc1cc(NCCN)nc(NC(=O)Nc2ccc(OC(F)(F)F)c(Cl)c2)n1. The number of hydrogen-bond acceptors (Lipinski definition) is 6. The fraction of sp³-hybridized carbons (Fsp3) is 0.267. The summed E-state index contributed by atoms with van der Waals surface area (Å²) in [5, 5.41) is 7.48. The van der Waals surface area contributed by atoms with Gasteiger partial charge in [-0.25, -0.2) is 9.78 Å². The number of hydrogen-bond donors (Lipinski definition) is 4.